The summed E-state index contributed by atoms with van der Waals surface area (Å²) in [5.41, 5.74) is 1.67. The van der Waals surface area contributed by atoms with E-state index in [1.54, 1.807) is 12.3 Å². The molecule has 1 rings (SSSR count). The van der Waals surface area contributed by atoms with Crippen LogP contribution in [0.5, 0.6) is 0 Å². The van der Waals surface area contributed by atoms with Gasteiger partial charge in [-0.3, -0.25) is 0 Å². The summed E-state index contributed by atoms with van der Waals surface area (Å²) in [6.07, 6.45) is 3.40. The summed E-state index contributed by atoms with van der Waals surface area (Å²) < 4.78 is 0. The number of allylic oxidation sites excluding steroid dienone is 2. The summed E-state index contributed by atoms with van der Waals surface area (Å²) in [7, 11) is 0. The van der Waals surface area contributed by atoms with Gasteiger partial charge in [-0.25, -0.2) is 9.97 Å². The third-order valence-electron chi connectivity index (χ3n) is 1.35. The number of aromatic nitrogens is 2. The molecule has 0 saturated carbocycles. The molecule has 0 aromatic carbocycles. The number of rotatable bonds is 2. The average Bonchev–Trinajstić information content (AvgIpc) is 2.03. The van der Waals surface area contributed by atoms with E-state index < -0.39 is 0 Å². The fourth-order valence-electron chi connectivity index (χ4n) is 0.740. The van der Waals surface area contributed by atoms with Gasteiger partial charge in [0.05, 0.1) is 5.69 Å². The maximum Gasteiger partial charge on any atom is 0.125 e. The van der Waals surface area contributed by atoms with Gasteiger partial charge in [-0.05, 0) is 18.6 Å². The molecule has 0 radical (unpaired) electrons. The minimum Gasteiger partial charge on any atom is -0.242 e. The third-order valence-corrected chi connectivity index (χ3v) is 1.35. The molecule has 2 heteroatoms. The lowest BCUT2D eigenvalue weighted by atomic mass is 10.2. The second-order valence-corrected chi connectivity index (χ2v) is 2.22. The number of hydrogen-bond acceptors (Lipinski definition) is 2. The van der Waals surface area contributed by atoms with Crippen molar-refractivity contribution in [3.63, 3.8) is 0 Å². The van der Waals surface area contributed by atoms with Crippen LogP contribution in [0.2, 0.25) is 0 Å². The van der Waals surface area contributed by atoms with Crippen LogP contribution in [0.3, 0.4) is 0 Å². The van der Waals surface area contributed by atoms with E-state index in [1.807, 2.05) is 13.0 Å². The van der Waals surface area contributed by atoms with Gasteiger partial charge in [0, 0.05) is 6.20 Å². The standard InChI is InChI=1S/C9H10N2/c1-4-7(2)9-5-6-10-8(3)11-9/h4-6H,1-2H2,3H3. The highest BCUT2D eigenvalue weighted by molar-refractivity contribution is 5.68. The lowest BCUT2D eigenvalue weighted by molar-refractivity contribution is 1.04. The average molecular weight is 146 g/mol. The molecule has 0 atom stereocenters. The molecule has 11 heavy (non-hydrogen) atoms. The molecule has 0 aliphatic carbocycles. The van der Waals surface area contributed by atoms with E-state index in [9.17, 15) is 0 Å². The Labute approximate surface area is 66.3 Å². The van der Waals surface area contributed by atoms with Gasteiger partial charge in [-0.2, -0.15) is 0 Å². The first-order chi connectivity index (χ1) is 5.24. The van der Waals surface area contributed by atoms with Crippen LogP contribution in [-0.4, -0.2) is 9.97 Å². The molecular weight excluding hydrogens is 136 g/mol. The van der Waals surface area contributed by atoms with Crippen molar-refractivity contribution >= 4 is 5.57 Å². The van der Waals surface area contributed by atoms with Crippen molar-refractivity contribution in [2.45, 2.75) is 6.92 Å². The topological polar surface area (TPSA) is 25.8 Å². The number of hydrogen-bond donors (Lipinski definition) is 0. The minimum absolute atomic E-state index is 0.755. The van der Waals surface area contributed by atoms with Gasteiger partial charge in [-0.15, -0.1) is 0 Å². The van der Waals surface area contributed by atoms with Gasteiger partial charge in [0.2, 0.25) is 0 Å². The van der Waals surface area contributed by atoms with Crippen LogP contribution in [-0.2, 0) is 0 Å². The Morgan fingerprint density at radius 1 is 1.64 bits per heavy atom. The van der Waals surface area contributed by atoms with Crippen LogP contribution in [0, 0.1) is 6.92 Å². The highest BCUT2D eigenvalue weighted by Crippen LogP contribution is 2.08. The number of nitrogens with zero attached hydrogens (tertiary/aromatic N) is 2. The van der Waals surface area contributed by atoms with E-state index in [0.717, 1.165) is 17.1 Å². The Balaban J connectivity index is 3.05. The fraction of sp³-hybridized carbons (Fsp3) is 0.111. The van der Waals surface area contributed by atoms with E-state index in [2.05, 4.69) is 23.1 Å². The molecule has 0 saturated heterocycles. The van der Waals surface area contributed by atoms with Crippen molar-refractivity contribution in [2.24, 2.45) is 0 Å². The summed E-state index contributed by atoms with van der Waals surface area (Å²) in [5, 5.41) is 0. The van der Waals surface area contributed by atoms with Crippen LogP contribution in [0.25, 0.3) is 5.57 Å². The van der Waals surface area contributed by atoms with Crippen LogP contribution in [0.4, 0.5) is 0 Å². The van der Waals surface area contributed by atoms with Crippen molar-refractivity contribution in [3.8, 4) is 0 Å². The van der Waals surface area contributed by atoms with Crippen molar-refractivity contribution < 1.29 is 0 Å². The fourth-order valence-corrected chi connectivity index (χ4v) is 0.740. The van der Waals surface area contributed by atoms with Gasteiger partial charge in [-0.1, -0.05) is 19.2 Å². The van der Waals surface area contributed by atoms with Crippen molar-refractivity contribution in [2.75, 3.05) is 0 Å². The highest BCUT2D eigenvalue weighted by Gasteiger charge is 1.95. The molecule has 1 aromatic heterocycles. The Bertz CT molecular complexity index is 289. The molecule has 2 nitrogen and oxygen atoms in total. The zero-order valence-electron chi connectivity index (χ0n) is 6.54. The molecule has 0 aliphatic rings. The first-order valence-corrected chi connectivity index (χ1v) is 3.35. The largest absolute Gasteiger partial charge is 0.242 e. The van der Waals surface area contributed by atoms with Gasteiger partial charge >= 0.3 is 0 Å². The molecule has 0 amide bonds. The zero-order chi connectivity index (χ0) is 8.27. The molecule has 56 valence electrons. The highest BCUT2D eigenvalue weighted by atomic mass is 14.9. The third kappa shape index (κ3) is 1.74. The second kappa shape index (κ2) is 3.10. The van der Waals surface area contributed by atoms with Gasteiger partial charge in [0.1, 0.15) is 5.82 Å². The summed E-state index contributed by atoms with van der Waals surface area (Å²) in [6.45, 7) is 9.23. The number of aryl methyl sites for hydroxylation is 1. The first kappa shape index (κ1) is 7.66. The molecule has 0 aliphatic heterocycles. The lowest BCUT2D eigenvalue weighted by Gasteiger charge is -1.98. The quantitative estimate of drug-likeness (QED) is 0.596. The predicted octanol–water partition coefficient (Wildman–Crippen LogP) is 1.98. The van der Waals surface area contributed by atoms with Crippen LogP contribution in [0.1, 0.15) is 11.5 Å². The normalized spacial score (nSPS) is 9.18. The molecule has 1 aromatic rings. The van der Waals surface area contributed by atoms with Gasteiger partial charge < -0.3 is 0 Å². The molecular formula is C9H10N2. The van der Waals surface area contributed by atoms with E-state index in [-0.39, 0.29) is 0 Å². The van der Waals surface area contributed by atoms with Crippen molar-refractivity contribution in [1.29, 1.82) is 0 Å². The predicted molar refractivity (Wildman–Crippen MR) is 46.0 cm³/mol. The van der Waals surface area contributed by atoms with Crippen LogP contribution >= 0.6 is 0 Å². The molecule has 0 bridgehead atoms. The molecule has 0 spiro atoms. The van der Waals surface area contributed by atoms with Gasteiger partial charge in [0.25, 0.3) is 0 Å². The molecule has 0 unspecified atom stereocenters. The lowest BCUT2D eigenvalue weighted by Crippen LogP contribution is -1.90. The maximum atomic E-state index is 4.16. The van der Waals surface area contributed by atoms with Crippen molar-refractivity contribution in [1.82, 2.24) is 9.97 Å². The summed E-state index contributed by atoms with van der Waals surface area (Å²) >= 11 is 0. The monoisotopic (exact) mass is 146 g/mol. The summed E-state index contributed by atoms with van der Waals surface area (Å²) in [5.74, 6) is 0.755. The van der Waals surface area contributed by atoms with Crippen LogP contribution in [0.15, 0.2) is 31.5 Å². The van der Waals surface area contributed by atoms with E-state index in [4.69, 9.17) is 0 Å². The summed E-state index contributed by atoms with van der Waals surface area (Å²) in [4.78, 5) is 8.13. The SMILES string of the molecule is C=CC(=C)c1ccnc(C)n1. The zero-order valence-corrected chi connectivity index (χ0v) is 6.54. The van der Waals surface area contributed by atoms with Crippen LogP contribution < -0.4 is 0 Å². The molecule has 1 heterocycles. The Morgan fingerprint density at radius 3 is 2.91 bits per heavy atom. The summed E-state index contributed by atoms with van der Waals surface area (Å²) in [6, 6.07) is 1.82. The van der Waals surface area contributed by atoms with E-state index in [1.165, 1.54) is 0 Å². The molecule has 0 N–H and O–H groups in total. The second-order valence-electron chi connectivity index (χ2n) is 2.22. The minimum atomic E-state index is 0.755. The molecule has 0 fully saturated rings. The Hall–Kier alpha value is -1.44. The smallest absolute Gasteiger partial charge is 0.125 e. The Morgan fingerprint density at radius 2 is 2.36 bits per heavy atom. The van der Waals surface area contributed by atoms with Gasteiger partial charge in [0.15, 0.2) is 0 Å². The van der Waals surface area contributed by atoms with Crippen molar-refractivity contribution in [3.05, 3.63) is 43.0 Å². The van der Waals surface area contributed by atoms with E-state index in [0.29, 0.717) is 0 Å². The van der Waals surface area contributed by atoms with E-state index >= 15 is 0 Å². The Kier molecular flexibility index (Phi) is 2.16. The first-order valence-electron chi connectivity index (χ1n) is 3.35. The maximum absolute atomic E-state index is 4.16.